The number of carbonyl (C=O) groups is 2. The average Bonchev–Trinajstić information content (AvgIpc) is 3.17. The van der Waals surface area contributed by atoms with Gasteiger partial charge in [-0.2, -0.15) is 13.2 Å². The van der Waals surface area contributed by atoms with Crippen LogP contribution in [0.15, 0.2) is 60.8 Å². The molecule has 0 saturated heterocycles. The Morgan fingerprint density at radius 2 is 1.87 bits per heavy atom. The van der Waals surface area contributed by atoms with Crippen LogP contribution in [0.2, 0.25) is 5.02 Å². The van der Waals surface area contributed by atoms with Crippen molar-refractivity contribution in [2.45, 2.75) is 6.18 Å². The number of alkyl halides is 3. The van der Waals surface area contributed by atoms with Gasteiger partial charge in [0.2, 0.25) is 0 Å². The largest absolute Gasteiger partial charge is 0.529 e. The fourth-order valence-electron chi connectivity index (χ4n) is 2.69. The molecule has 3 aromatic rings. The summed E-state index contributed by atoms with van der Waals surface area (Å²) in [5.41, 5.74) is -0.284. The summed E-state index contributed by atoms with van der Waals surface area (Å²) in [4.78, 5) is 23.2. The van der Waals surface area contributed by atoms with Crippen LogP contribution in [0.4, 0.5) is 23.7 Å². The van der Waals surface area contributed by atoms with Gasteiger partial charge in [0.25, 0.3) is 5.91 Å². The van der Waals surface area contributed by atoms with Gasteiger partial charge in [0.15, 0.2) is 6.61 Å². The summed E-state index contributed by atoms with van der Waals surface area (Å²) in [6, 6.07) is 12.4. The Balaban J connectivity index is 1.67. The maximum atomic E-state index is 12.9. The predicted molar refractivity (Wildman–Crippen MR) is 101 cm³/mol. The molecule has 156 valence electrons. The molecule has 0 spiro atoms. The lowest BCUT2D eigenvalue weighted by Gasteiger charge is -2.13. The standard InChI is InChI=1S/C20H14ClF3N2O4/c21-16-7-6-13(10-15(16)20(22,23)24)25-18(27)11-30-14-4-1-3-12(9-14)17-5-2-8-26(17)19(28)29/h1-10H,11H2,(H,25,27)(H,28,29)/p-1. The van der Waals surface area contributed by atoms with Gasteiger partial charge in [-0.05, 0) is 42.5 Å². The van der Waals surface area contributed by atoms with Gasteiger partial charge in [0, 0.05) is 17.4 Å². The molecule has 0 aliphatic rings. The van der Waals surface area contributed by atoms with Crippen molar-refractivity contribution < 1.29 is 32.6 Å². The molecule has 0 fully saturated rings. The molecule has 1 amide bonds. The van der Waals surface area contributed by atoms with Gasteiger partial charge in [0.05, 0.1) is 16.3 Å². The van der Waals surface area contributed by atoms with Crippen molar-refractivity contribution in [2.75, 3.05) is 11.9 Å². The lowest BCUT2D eigenvalue weighted by Crippen LogP contribution is -2.28. The monoisotopic (exact) mass is 437 g/mol. The van der Waals surface area contributed by atoms with Crippen LogP contribution in [0.5, 0.6) is 5.75 Å². The van der Waals surface area contributed by atoms with E-state index < -0.39 is 35.4 Å². The second-order valence-corrected chi connectivity index (χ2v) is 6.49. The highest BCUT2D eigenvalue weighted by Crippen LogP contribution is 2.36. The number of carboxylic acid groups (broad SMARTS) is 1. The molecule has 2 aromatic carbocycles. The first-order valence-electron chi connectivity index (χ1n) is 8.43. The van der Waals surface area contributed by atoms with Crippen molar-refractivity contribution in [1.82, 2.24) is 4.57 Å². The highest BCUT2D eigenvalue weighted by Gasteiger charge is 2.33. The third-order valence-electron chi connectivity index (χ3n) is 4.00. The normalized spacial score (nSPS) is 11.2. The van der Waals surface area contributed by atoms with Crippen LogP contribution in [0.1, 0.15) is 5.56 Å². The Morgan fingerprint density at radius 1 is 1.10 bits per heavy atom. The van der Waals surface area contributed by atoms with E-state index in [4.69, 9.17) is 16.3 Å². The van der Waals surface area contributed by atoms with Crippen LogP contribution in [0.3, 0.4) is 0 Å². The van der Waals surface area contributed by atoms with Crippen molar-refractivity contribution in [1.29, 1.82) is 0 Å². The Morgan fingerprint density at radius 3 is 2.57 bits per heavy atom. The summed E-state index contributed by atoms with van der Waals surface area (Å²) >= 11 is 5.55. The third-order valence-corrected chi connectivity index (χ3v) is 4.33. The second-order valence-electron chi connectivity index (χ2n) is 6.09. The van der Waals surface area contributed by atoms with Crippen molar-refractivity contribution >= 4 is 29.3 Å². The van der Waals surface area contributed by atoms with Gasteiger partial charge in [-0.1, -0.05) is 23.7 Å². The Bertz CT molecular complexity index is 1100. The summed E-state index contributed by atoms with van der Waals surface area (Å²) in [5.74, 6) is -0.421. The number of hydrogen-bond acceptors (Lipinski definition) is 4. The van der Waals surface area contributed by atoms with Crippen LogP contribution in [0, 0.1) is 0 Å². The number of nitrogens with one attached hydrogen (secondary N) is 1. The molecular weight excluding hydrogens is 425 g/mol. The zero-order valence-electron chi connectivity index (χ0n) is 15.1. The van der Waals surface area contributed by atoms with Crippen LogP contribution in [-0.2, 0) is 11.0 Å². The van der Waals surface area contributed by atoms with E-state index in [1.165, 1.54) is 24.4 Å². The molecule has 3 rings (SSSR count). The van der Waals surface area contributed by atoms with E-state index in [0.717, 1.165) is 16.7 Å². The fraction of sp³-hybridized carbons (Fsp3) is 0.100. The molecule has 0 bridgehead atoms. The minimum Gasteiger partial charge on any atom is -0.529 e. The summed E-state index contributed by atoms with van der Waals surface area (Å²) in [7, 11) is 0. The molecule has 0 unspecified atom stereocenters. The first-order chi connectivity index (χ1) is 14.1. The lowest BCUT2D eigenvalue weighted by atomic mass is 10.1. The summed E-state index contributed by atoms with van der Waals surface area (Å²) in [5, 5.41) is 13.0. The van der Waals surface area contributed by atoms with Gasteiger partial charge in [0.1, 0.15) is 11.8 Å². The van der Waals surface area contributed by atoms with E-state index in [1.807, 2.05) is 0 Å². The molecule has 1 N–H and O–H groups in total. The van der Waals surface area contributed by atoms with E-state index in [0.29, 0.717) is 11.3 Å². The SMILES string of the molecule is O=C(COc1cccc(-c2cccn2C(=O)[O-])c1)Nc1ccc(Cl)c(C(F)(F)F)c1. The Labute approximate surface area is 173 Å². The molecule has 6 nitrogen and oxygen atoms in total. The highest BCUT2D eigenvalue weighted by atomic mass is 35.5. The zero-order valence-corrected chi connectivity index (χ0v) is 15.8. The van der Waals surface area contributed by atoms with Crippen LogP contribution in [-0.4, -0.2) is 23.2 Å². The minimum absolute atomic E-state index is 0.0825. The van der Waals surface area contributed by atoms with Crippen molar-refractivity contribution in [2.24, 2.45) is 0 Å². The van der Waals surface area contributed by atoms with Crippen molar-refractivity contribution in [3.05, 3.63) is 71.4 Å². The Hall–Kier alpha value is -3.46. The van der Waals surface area contributed by atoms with E-state index >= 15 is 0 Å². The van der Waals surface area contributed by atoms with E-state index in [-0.39, 0.29) is 11.4 Å². The number of amides is 1. The Kier molecular flexibility index (Phi) is 6.02. The number of rotatable bonds is 5. The van der Waals surface area contributed by atoms with Crippen LogP contribution < -0.4 is 15.2 Å². The van der Waals surface area contributed by atoms with Gasteiger partial charge in [-0.25, -0.2) is 0 Å². The molecular formula is C20H13ClF3N2O4-. The van der Waals surface area contributed by atoms with E-state index in [9.17, 15) is 27.9 Å². The van der Waals surface area contributed by atoms with Gasteiger partial charge in [-0.15, -0.1) is 0 Å². The quantitative estimate of drug-likeness (QED) is 0.653. The number of halogens is 4. The summed E-state index contributed by atoms with van der Waals surface area (Å²) in [6.07, 6.45) is -4.73. The number of benzene rings is 2. The predicted octanol–water partition coefficient (Wildman–Crippen LogP) is 4.04. The van der Waals surface area contributed by atoms with Gasteiger partial charge in [-0.3, -0.25) is 4.79 Å². The number of nitrogens with zero attached hydrogens (tertiary/aromatic N) is 1. The smallest absolute Gasteiger partial charge is 0.417 e. The molecule has 0 atom stereocenters. The van der Waals surface area contributed by atoms with Gasteiger partial charge < -0.3 is 24.5 Å². The summed E-state index contributed by atoms with van der Waals surface area (Å²) in [6.45, 7) is -0.477. The van der Waals surface area contributed by atoms with Crippen molar-refractivity contribution in [3.63, 3.8) is 0 Å². The molecule has 10 heteroatoms. The fourth-order valence-corrected chi connectivity index (χ4v) is 2.91. The molecule has 0 radical (unpaired) electrons. The number of carbonyl (C=O) groups excluding carboxylic acids is 2. The summed E-state index contributed by atoms with van der Waals surface area (Å²) < 4.78 is 45.0. The molecule has 30 heavy (non-hydrogen) atoms. The highest BCUT2D eigenvalue weighted by molar-refractivity contribution is 6.31. The van der Waals surface area contributed by atoms with Crippen LogP contribution >= 0.6 is 11.6 Å². The second kappa shape index (κ2) is 8.50. The molecule has 0 aliphatic heterocycles. The molecule has 0 saturated carbocycles. The number of hydrogen-bond donors (Lipinski definition) is 1. The maximum absolute atomic E-state index is 12.9. The minimum atomic E-state index is -4.65. The topological polar surface area (TPSA) is 83.4 Å². The average molecular weight is 438 g/mol. The number of anilines is 1. The first-order valence-corrected chi connectivity index (χ1v) is 8.81. The maximum Gasteiger partial charge on any atom is 0.417 e. The molecule has 0 aliphatic carbocycles. The molecule has 1 heterocycles. The third kappa shape index (κ3) is 4.93. The number of ether oxygens (including phenoxy) is 1. The van der Waals surface area contributed by atoms with E-state index in [1.54, 1.807) is 24.3 Å². The van der Waals surface area contributed by atoms with Gasteiger partial charge >= 0.3 is 6.18 Å². The molecule has 1 aromatic heterocycles. The van der Waals surface area contributed by atoms with Crippen LogP contribution in [0.25, 0.3) is 11.3 Å². The number of aromatic nitrogens is 1. The zero-order chi connectivity index (χ0) is 21.9. The van der Waals surface area contributed by atoms with E-state index in [2.05, 4.69) is 5.32 Å². The lowest BCUT2D eigenvalue weighted by molar-refractivity contribution is -0.250. The first kappa shape index (κ1) is 21.3. The van der Waals surface area contributed by atoms with Crippen molar-refractivity contribution in [3.8, 4) is 17.0 Å².